The standard InChI is InChI=1S/C10H10ClNO/c1-2-7-12-9-5-3-8(4-6-9)10(11)13/h2-6,12H,1,7H2. The zero-order valence-electron chi connectivity index (χ0n) is 7.09. The van der Waals surface area contributed by atoms with Crippen molar-refractivity contribution in [1.29, 1.82) is 0 Å². The first-order chi connectivity index (χ1) is 6.24. The smallest absolute Gasteiger partial charge is 0.252 e. The van der Waals surface area contributed by atoms with E-state index in [0.29, 0.717) is 12.1 Å². The first-order valence-corrected chi connectivity index (χ1v) is 4.26. The highest BCUT2D eigenvalue weighted by Crippen LogP contribution is 2.10. The van der Waals surface area contributed by atoms with Gasteiger partial charge in [0.2, 0.25) is 0 Å². The van der Waals surface area contributed by atoms with Gasteiger partial charge in [-0.15, -0.1) is 6.58 Å². The molecule has 0 saturated carbocycles. The van der Waals surface area contributed by atoms with Crippen LogP contribution in [0.1, 0.15) is 10.4 Å². The molecule has 2 nitrogen and oxygen atoms in total. The molecule has 1 rings (SSSR count). The van der Waals surface area contributed by atoms with Crippen LogP contribution in [0.25, 0.3) is 0 Å². The molecule has 0 amide bonds. The van der Waals surface area contributed by atoms with E-state index < -0.39 is 5.24 Å². The van der Waals surface area contributed by atoms with Gasteiger partial charge in [-0.1, -0.05) is 6.08 Å². The van der Waals surface area contributed by atoms with E-state index in [1.807, 2.05) is 0 Å². The van der Waals surface area contributed by atoms with Gasteiger partial charge in [-0.25, -0.2) is 0 Å². The molecule has 0 aliphatic rings. The van der Waals surface area contributed by atoms with Gasteiger partial charge in [0.25, 0.3) is 5.24 Å². The average Bonchev–Trinajstić information content (AvgIpc) is 2.15. The van der Waals surface area contributed by atoms with E-state index in [2.05, 4.69) is 11.9 Å². The van der Waals surface area contributed by atoms with Crippen LogP contribution in [-0.4, -0.2) is 11.8 Å². The number of rotatable bonds is 4. The Bertz CT molecular complexity index is 305. The van der Waals surface area contributed by atoms with E-state index in [-0.39, 0.29) is 0 Å². The molecule has 0 aliphatic carbocycles. The maximum atomic E-state index is 10.7. The molecule has 0 fully saturated rings. The third-order valence-electron chi connectivity index (χ3n) is 1.56. The highest BCUT2D eigenvalue weighted by atomic mass is 35.5. The van der Waals surface area contributed by atoms with Crippen molar-refractivity contribution in [3.8, 4) is 0 Å². The number of nitrogens with one attached hydrogen (secondary N) is 1. The van der Waals surface area contributed by atoms with Gasteiger partial charge in [0.1, 0.15) is 0 Å². The summed E-state index contributed by atoms with van der Waals surface area (Å²) < 4.78 is 0. The molecule has 0 aliphatic heterocycles. The number of halogens is 1. The van der Waals surface area contributed by atoms with E-state index in [1.165, 1.54) is 0 Å². The Kier molecular flexibility index (Phi) is 3.53. The molecule has 0 unspecified atom stereocenters. The minimum atomic E-state index is -0.435. The van der Waals surface area contributed by atoms with Gasteiger partial charge in [0.15, 0.2) is 0 Å². The fourth-order valence-electron chi connectivity index (χ4n) is 0.909. The summed E-state index contributed by atoms with van der Waals surface area (Å²) in [6.45, 7) is 4.29. The van der Waals surface area contributed by atoms with Crippen LogP contribution in [-0.2, 0) is 0 Å². The molecule has 68 valence electrons. The maximum Gasteiger partial charge on any atom is 0.252 e. The monoisotopic (exact) mass is 195 g/mol. The minimum Gasteiger partial charge on any atom is -0.382 e. The summed E-state index contributed by atoms with van der Waals surface area (Å²) in [5, 5.41) is 2.65. The van der Waals surface area contributed by atoms with Gasteiger partial charge >= 0.3 is 0 Å². The lowest BCUT2D eigenvalue weighted by Gasteiger charge is -2.02. The van der Waals surface area contributed by atoms with Crippen molar-refractivity contribution >= 4 is 22.5 Å². The molecule has 1 aromatic rings. The molecule has 0 bridgehead atoms. The minimum absolute atomic E-state index is 0.435. The highest BCUT2D eigenvalue weighted by Gasteiger charge is 1.99. The lowest BCUT2D eigenvalue weighted by molar-refractivity contribution is 0.108. The predicted molar refractivity (Wildman–Crippen MR) is 55.3 cm³/mol. The largest absolute Gasteiger partial charge is 0.382 e. The molecule has 1 aromatic carbocycles. The van der Waals surface area contributed by atoms with Gasteiger partial charge in [0.05, 0.1) is 0 Å². The van der Waals surface area contributed by atoms with Gasteiger partial charge in [-0.2, -0.15) is 0 Å². The summed E-state index contributed by atoms with van der Waals surface area (Å²) in [6, 6.07) is 6.97. The Morgan fingerprint density at radius 1 is 1.46 bits per heavy atom. The van der Waals surface area contributed by atoms with E-state index >= 15 is 0 Å². The maximum absolute atomic E-state index is 10.7. The van der Waals surface area contributed by atoms with E-state index in [4.69, 9.17) is 11.6 Å². The second-order valence-electron chi connectivity index (χ2n) is 2.52. The molecule has 3 heteroatoms. The molecule has 1 N–H and O–H groups in total. The molecule has 0 heterocycles. The Labute approximate surface area is 82.2 Å². The predicted octanol–water partition coefficient (Wildman–Crippen LogP) is 2.66. The molecule has 0 radical (unpaired) electrons. The zero-order chi connectivity index (χ0) is 9.68. The van der Waals surface area contributed by atoms with Crippen molar-refractivity contribution in [3.05, 3.63) is 42.5 Å². The van der Waals surface area contributed by atoms with Crippen LogP contribution in [0.4, 0.5) is 5.69 Å². The molecular formula is C10H10ClNO. The van der Waals surface area contributed by atoms with Crippen molar-refractivity contribution in [2.45, 2.75) is 0 Å². The van der Waals surface area contributed by atoms with Crippen molar-refractivity contribution in [2.24, 2.45) is 0 Å². The first kappa shape index (κ1) is 9.81. The van der Waals surface area contributed by atoms with Crippen LogP contribution < -0.4 is 5.32 Å². The Hall–Kier alpha value is -1.28. The molecule has 0 saturated heterocycles. The van der Waals surface area contributed by atoms with Gasteiger partial charge in [-0.05, 0) is 35.9 Å². The summed E-state index contributed by atoms with van der Waals surface area (Å²) in [7, 11) is 0. The summed E-state index contributed by atoms with van der Waals surface area (Å²) >= 11 is 5.28. The number of carbonyl (C=O) groups is 1. The van der Waals surface area contributed by atoms with Crippen LogP contribution in [0.15, 0.2) is 36.9 Å². The van der Waals surface area contributed by atoms with Crippen LogP contribution in [0.2, 0.25) is 0 Å². The molecule has 0 spiro atoms. The topological polar surface area (TPSA) is 29.1 Å². The van der Waals surface area contributed by atoms with Crippen molar-refractivity contribution in [3.63, 3.8) is 0 Å². The van der Waals surface area contributed by atoms with Crippen molar-refractivity contribution < 1.29 is 4.79 Å². The van der Waals surface area contributed by atoms with E-state index in [1.54, 1.807) is 30.3 Å². The number of benzene rings is 1. The average molecular weight is 196 g/mol. The normalized spacial score (nSPS) is 9.31. The molecule has 0 aromatic heterocycles. The van der Waals surface area contributed by atoms with Crippen LogP contribution in [0, 0.1) is 0 Å². The lowest BCUT2D eigenvalue weighted by atomic mass is 10.2. The third kappa shape index (κ3) is 2.92. The Morgan fingerprint density at radius 2 is 2.08 bits per heavy atom. The quantitative estimate of drug-likeness (QED) is 0.591. The number of carbonyl (C=O) groups excluding carboxylic acids is 1. The van der Waals surface area contributed by atoms with Crippen LogP contribution in [0.5, 0.6) is 0 Å². The van der Waals surface area contributed by atoms with Gasteiger partial charge in [0, 0.05) is 17.8 Å². The van der Waals surface area contributed by atoms with Crippen molar-refractivity contribution in [2.75, 3.05) is 11.9 Å². The Balaban J connectivity index is 2.69. The molecule has 13 heavy (non-hydrogen) atoms. The SMILES string of the molecule is C=CCNc1ccc(C(=O)Cl)cc1. The second-order valence-corrected chi connectivity index (χ2v) is 2.86. The lowest BCUT2D eigenvalue weighted by Crippen LogP contribution is -1.97. The summed E-state index contributed by atoms with van der Waals surface area (Å²) in [5.74, 6) is 0. The van der Waals surface area contributed by atoms with Crippen molar-refractivity contribution in [1.82, 2.24) is 0 Å². The number of hydrogen-bond acceptors (Lipinski definition) is 2. The molecular weight excluding hydrogens is 186 g/mol. The highest BCUT2D eigenvalue weighted by molar-refractivity contribution is 6.67. The fourth-order valence-corrected chi connectivity index (χ4v) is 1.04. The first-order valence-electron chi connectivity index (χ1n) is 3.88. The van der Waals surface area contributed by atoms with Gasteiger partial charge in [-0.3, -0.25) is 4.79 Å². The zero-order valence-corrected chi connectivity index (χ0v) is 7.84. The van der Waals surface area contributed by atoms with Crippen LogP contribution in [0.3, 0.4) is 0 Å². The number of hydrogen-bond donors (Lipinski definition) is 1. The summed E-state index contributed by atoms with van der Waals surface area (Å²) in [4.78, 5) is 10.7. The number of anilines is 1. The summed E-state index contributed by atoms with van der Waals surface area (Å²) in [5.41, 5.74) is 1.45. The van der Waals surface area contributed by atoms with Crippen LogP contribution >= 0.6 is 11.6 Å². The Morgan fingerprint density at radius 3 is 2.54 bits per heavy atom. The fraction of sp³-hybridized carbons (Fsp3) is 0.100. The van der Waals surface area contributed by atoms with Gasteiger partial charge < -0.3 is 5.32 Å². The second kappa shape index (κ2) is 4.67. The van der Waals surface area contributed by atoms with E-state index in [9.17, 15) is 4.79 Å². The van der Waals surface area contributed by atoms with E-state index in [0.717, 1.165) is 5.69 Å². The third-order valence-corrected chi connectivity index (χ3v) is 1.78. The summed E-state index contributed by atoms with van der Waals surface area (Å²) in [6.07, 6.45) is 1.76. The molecule has 0 atom stereocenters.